The maximum atomic E-state index is 6.27. The van der Waals surface area contributed by atoms with E-state index < -0.39 is 0 Å². The van der Waals surface area contributed by atoms with Gasteiger partial charge < -0.3 is 15.1 Å². The smallest absolute Gasteiger partial charge is 0.128 e. The molecule has 1 unspecified atom stereocenters. The van der Waals surface area contributed by atoms with Crippen molar-refractivity contribution in [2.75, 3.05) is 38.6 Å². The van der Waals surface area contributed by atoms with Gasteiger partial charge in [-0.1, -0.05) is 11.6 Å². The number of hydrogen-bond acceptors (Lipinski definition) is 4. The van der Waals surface area contributed by atoms with E-state index in [1.807, 2.05) is 12.1 Å². The molecule has 1 saturated carbocycles. The third-order valence-corrected chi connectivity index (χ3v) is 4.80. The number of hydrogen-bond donors (Lipinski definition) is 1. The highest BCUT2D eigenvalue weighted by Gasteiger charge is 2.22. The van der Waals surface area contributed by atoms with Crippen molar-refractivity contribution in [1.82, 2.24) is 15.2 Å². The molecule has 0 amide bonds. The van der Waals surface area contributed by atoms with Crippen LogP contribution in [0.1, 0.15) is 25.0 Å². The third-order valence-electron chi connectivity index (χ3n) is 4.45. The van der Waals surface area contributed by atoms with Crippen molar-refractivity contribution in [3.63, 3.8) is 0 Å². The molecule has 0 bridgehead atoms. The van der Waals surface area contributed by atoms with Gasteiger partial charge in [0.1, 0.15) is 5.82 Å². The van der Waals surface area contributed by atoms with Crippen molar-refractivity contribution >= 4 is 17.4 Å². The van der Waals surface area contributed by atoms with Gasteiger partial charge in [0.2, 0.25) is 0 Å². The Morgan fingerprint density at radius 3 is 2.86 bits per heavy atom. The summed E-state index contributed by atoms with van der Waals surface area (Å²) in [5, 5.41) is 4.25. The Kier molecular flexibility index (Phi) is 4.67. The number of nitrogens with one attached hydrogen (secondary N) is 1. The molecule has 1 saturated heterocycles. The van der Waals surface area contributed by atoms with Gasteiger partial charge in [-0.25, -0.2) is 4.98 Å². The van der Waals surface area contributed by atoms with Crippen LogP contribution >= 0.6 is 11.6 Å². The zero-order valence-electron chi connectivity index (χ0n) is 13.0. The summed E-state index contributed by atoms with van der Waals surface area (Å²) in [6.45, 7) is 4.24. The summed E-state index contributed by atoms with van der Waals surface area (Å²) in [5.74, 6) is 1.77. The zero-order valence-corrected chi connectivity index (χ0v) is 13.7. The number of rotatable bonds is 6. The van der Waals surface area contributed by atoms with Crippen molar-refractivity contribution in [2.24, 2.45) is 5.92 Å². The molecule has 5 heteroatoms. The van der Waals surface area contributed by atoms with E-state index >= 15 is 0 Å². The Hall–Kier alpha value is -0.840. The van der Waals surface area contributed by atoms with Crippen LogP contribution in [-0.2, 0) is 6.54 Å². The van der Waals surface area contributed by atoms with E-state index in [2.05, 4.69) is 29.2 Å². The molecule has 1 N–H and O–H groups in total. The van der Waals surface area contributed by atoms with Gasteiger partial charge in [-0.2, -0.15) is 0 Å². The van der Waals surface area contributed by atoms with Crippen molar-refractivity contribution in [2.45, 2.75) is 31.8 Å². The Morgan fingerprint density at radius 2 is 2.19 bits per heavy atom. The van der Waals surface area contributed by atoms with E-state index in [-0.39, 0.29) is 0 Å². The normalized spacial score (nSPS) is 22.7. The van der Waals surface area contributed by atoms with Gasteiger partial charge in [0.05, 0.1) is 10.7 Å². The van der Waals surface area contributed by atoms with Crippen molar-refractivity contribution in [3.05, 3.63) is 22.8 Å². The van der Waals surface area contributed by atoms with Gasteiger partial charge in [0.15, 0.2) is 0 Å². The second-order valence-electron chi connectivity index (χ2n) is 6.55. The summed E-state index contributed by atoms with van der Waals surface area (Å²) < 4.78 is 0. The van der Waals surface area contributed by atoms with E-state index in [4.69, 9.17) is 16.6 Å². The van der Waals surface area contributed by atoms with Crippen LogP contribution in [0.3, 0.4) is 0 Å². The van der Waals surface area contributed by atoms with E-state index in [9.17, 15) is 0 Å². The highest BCUT2D eigenvalue weighted by Crippen LogP contribution is 2.23. The average Bonchev–Trinajstić information content (AvgIpc) is 3.20. The van der Waals surface area contributed by atoms with Gasteiger partial charge in [-0.15, -0.1) is 0 Å². The number of halogens is 1. The number of likely N-dealkylation sites (tertiary alicyclic amines) is 1. The summed E-state index contributed by atoms with van der Waals surface area (Å²) in [6.07, 6.45) is 3.85. The number of anilines is 1. The molecule has 3 rings (SSSR count). The van der Waals surface area contributed by atoms with Crippen molar-refractivity contribution in [3.8, 4) is 0 Å². The van der Waals surface area contributed by atoms with E-state index in [1.54, 1.807) is 0 Å². The fourth-order valence-electron chi connectivity index (χ4n) is 2.99. The van der Waals surface area contributed by atoms with Crippen LogP contribution in [0.4, 0.5) is 5.82 Å². The highest BCUT2D eigenvalue weighted by molar-refractivity contribution is 6.31. The lowest BCUT2D eigenvalue weighted by Crippen LogP contribution is -2.28. The zero-order chi connectivity index (χ0) is 14.8. The Bertz CT molecular complexity index is 489. The first-order valence-electron chi connectivity index (χ1n) is 7.90. The molecule has 21 heavy (non-hydrogen) atoms. The minimum atomic E-state index is 0.679. The predicted molar refractivity (Wildman–Crippen MR) is 88.0 cm³/mol. The molecular weight excluding hydrogens is 284 g/mol. The van der Waals surface area contributed by atoms with E-state index in [0.29, 0.717) is 6.04 Å². The summed E-state index contributed by atoms with van der Waals surface area (Å²) in [7, 11) is 4.33. The average molecular weight is 309 g/mol. The molecule has 0 radical (unpaired) electrons. The molecule has 1 atom stereocenters. The molecule has 0 aromatic carbocycles. The quantitative estimate of drug-likeness (QED) is 0.874. The van der Waals surface area contributed by atoms with Crippen LogP contribution in [0.15, 0.2) is 12.1 Å². The second kappa shape index (κ2) is 6.51. The van der Waals surface area contributed by atoms with E-state index in [0.717, 1.165) is 35.5 Å². The third kappa shape index (κ3) is 4.09. The molecule has 2 aliphatic rings. The largest absolute Gasteiger partial charge is 0.359 e. The lowest BCUT2D eigenvalue weighted by molar-refractivity contribution is 0.395. The number of nitrogens with zero attached hydrogens (tertiary/aromatic N) is 3. The topological polar surface area (TPSA) is 31.4 Å². The van der Waals surface area contributed by atoms with E-state index in [1.165, 1.54) is 32.4 Å². The van der Waals surface area contributed by atoms with Gasteiger partial charge in [0, 0.05) is 32.7 Å². The first kappa shape index (κ1) is 15.1. The highest BCUT2D eigenvalue weighted by atomic mass is 35.5. The lowest BCUT2D eigenvalue weighted by atomic mass is 10.1. The number of pyridine rings is 1. The van der Waals surface area contributed by atoms with Crippen LogP contribution in [0.5, 0.6) is 0 Å². The van der Waals surface area contributed by atoms with Crippen LogP contribution in [0, 0.1) is 5.92 Å². The first-order valence-corrected chi connectivity index (χ1v) is 8.28. The molecule has 1 aliphatic carbocycles. The molecule has 116 valence electrons. The van der Waals surface area contributed by atoms with Crippen molar-refractivity contribution in [1.29, 1.82) is 0 Å². The van der Waals surface area contributed by atoms with Gasteiger partial charge in [0.25, 0.3) is 0 Å². The molecular formula is C16H25ClN4. The summed E-state index contributed by atoms with van der Waals surface area (Å²) >= 11 is 6.27. The Balaban J connectivity index is 1.61. The molecule has 4 nitrogen and oxygen atoms in total. The van der Waals surface area contributed by atoms with Gasteiger partial charge in [-0.05, 0) is 50.9 Å². The summed E-state index contributed by atoms with van der Waals surface area (Å²) in [6, 6.07) is 4.69. The summed E-state index contributed by atoms with van der Waals surface area (Å²) in [4.78, 5) is 9.42. The molecule has 1 aromatic rings. The van der Waals surface area contributed by atoms with Crippen LogP contribution < -0.4 is 10.2 Å². The lowest BCUT2D eigenvalue weighted by Gasteiger charge is -2.23. The van der Waals surface area contributed by atoms with Gasteiger partial charge in [-0.3, -0.25) is 0 Å². The maximum Gasteiger partial charge on any atom is 0.128 e. The monoisotopic (exact) mass is 308 g/mol. The minimum Gasteiger partial charge on any atom is -0.359 e. The van der Waals surface area contributed by atoms with Crippen LogP contribution in [0.25, 0.3) is 0 Å². The van der Waals surface area contributed by atoms with Gasteiger partial charge >= 0.3 is 0 Å². The Labute approximate surface area is 132 Å². The number of aromatic nitrogens is 1. The Morgan fingerprint density at radius 1 is 1.38 bits per heavy atom. The fraction of sp³-hybridized carbons (Fsp3) is 0.688. The minimum absolute atomic E-state index is 0.679. The molecule has 2 fully saturated rings. The maximum absolute atomic E-state index is 6.27. The molecule has 2 heterocycles. The van der Waals surface area contributed by atoms with Crippen LogP contribution in [-0.4, -0.2) is 49.7 Å². The van der Waals surface area contributed by atoms with Crippen molar-refractivity contribution < 1.29 is 0 Å². The predicted octanol–water partition coefficient (Wildman–Crippen LogP) is 2.37. The molecule has 1 aromatic heterocycles. The second-order valence-corrected chi connectivity index (χ2v) is 6.96. The molecule has 0 spiro atoms. The summed E-state index contributed by atoms with van der Waals surface area (Å²) in [5.41, 5.74) is 0.969. The standard InChI is InChI=1S/C16H25ClN4/c1-20-8-7-12(10-20)11-21(2)16-6-5-14(17)15(19-16)9-18-13-3-4-13/h5-6,12-13,18H,3-4,7-11H2,1-2H3. The molecule has 1 aliphatic heterocycles. The fourth-order valence-corrected chi connectivity index (χ4v) is 3.17. The van der Waals surface area contributed by atoms with Crippen LogP contribution in [0.2, 0.25) is 5.02 Å². The SMILES string of the molecule is CN1CCC(CN(C)c2ccc(Cl)c(CNC3CC3)n2)C1. The first-order chi connectivity index (χ1) is 10.1.